The van der Waals surface area contributed by atoms with E-state index in [-0.39, 0.29) is 5.75 Å². The van der Waals surface area contributed by atoms with Crippen molar-refractivity contribution in [2.45, 2.75) is 20.8 Å². The number of rotatable bonds is 3. The van der Waals surface area contributed by atoms with Crippen molar-refractivity contribution in [1.82, 2.24) is 0 Å². The smallest absolute Gasteiger partial charge is 0.229 e. The number of benzene rings is 3. The Hall–Kier alpha value is -2.53. The first kappa shape index (κ1) is 17.3. The second-order valence-electron chi connectivity index (χ2n) is 6.42. The van der Waals surface area contributed by atoms with Gasteiger partial charge < -0.3 is 5.11 Å². The van der Waals surface area contributed by atoms with Gasteiger partial charge in [0.25, 0.3) is 0 Å². The summed E-state index contributed by atoms with van der Waals surface area (Å²) in [6.45, 7) is 5.90. The van der Waals surface area contributed by atoms with E-state index in [1.807, 2.05) is 57.2 Å². The van der Waals surface area contributed by atoms with E-state index < -0.39 is 10.0 Å². The first-order valence-corrected chi connectivity index (χ1v) is 9.88. The summed E-state index contributed by atoms with van der Waals surface area (Å²) in [5, 5.41) is 12.5. The molecule has 0 bridgehead atoms. The molecule has 0 aliphatic carbocycles. The fourth-order valence-electron chi connectivity index (χ4n) is 3.21. The number of aryl methyl sites for hydroxylation is 1. The Bertz CT molecular complexity index is 1090. The fourth-order valence-corrected chi connectivity index (χ4v) is 3.77. The molecule has 0 fully saturated rings. The van der Waals surface area contributed by atoms with E-state index in [9.17, 15) is 13.5 Å². The van der Waals surface area contributed by atoms with E-state index >= 15 is 0 Å². The number of phenolic OH excluding ortho intramolecular Hbond substituents is 1. The predicted molar refractivity (Wildman–Crippen MR) is 104 cm³/mol. The van der Waals surface area contributed by atoms with Gasteiger partial charge in [-0.25, -0.2) is 8.42 Å². The lowest BCUT2D eigenvalue weighted by Crippen LogP contribution is -2.12. The second-order valence-corrected chi connectivity index (χ2v) is 8.17. The van der Waals surface area contributed by atoms with Gasteiger partial charge in [0.1, 0.15) is 5.75 Å². The van der Waals surface area contributed by atoms with Crippen LogP contribution in [0.5, 0.6) is 5.75 Å². The number of hydrogen-bond acceptors (Lipinski definition) is 3. The number of hydrogen-bond donors (Lipinski definition) is 2. The Morgan fingerprint density at radius 1 is 0.920 bits per heavy atom. The summed E-state index contributed by atoms with van der Waals surface area (Å²) in [4.78, 5) is 0. The molecule has 0 saturated carbocycles. The lowest BCUT2D eigenvalue weighted by Gasteiger charge is -2.20. The molecule has 3 aromatic rings. The third kappa shape index (κ3) is 3.20. The Kier molecular flexibility index (Phi) is 4.21. The zero-order valence-corrected chi connectivity index (χ0v) is 15.5. The third-order valence-electron chi connectivity index (χ3n) is 4.61. The van der Waals surface area contributed by atoms with Crippen LogP contribution in [-0.4, -0.2) is 19.8 Å². The van der Waals surface area contributed by atoms with E-state index in [1.54, 1.807) is 6.07 Å². The maximum absolute atomic E-state index is 11.9. The van der Waals surface area contributed by atoms with Gasteiger partial charge in [-0.3, -0.25) is 4.72 Å². The van der Waals surface area contributed by atoms with Gasteiger partial charge >= 0.3 is 0 Å². The third-order valence-corrected chi connectivity index (χ3v) is 5.20. The Labute approximate surface area is 148 Å². The molecule has 0 aromatic heterocycles. The minimum Gasteiger partial charge on any atom is -0.507 e. The highest BCUT2D eigenvalue weighted by Crippen LogP contribution is 2.43. The first-order chi connectivity index (χ1) is 11.7. The largest absolute Gasteiger partial charge is 0.507 e. The maximum Gasteiger partial charge on any atom is 0.229 e. The Balaban J connectivity index is 2.46. The Morgan fingerprint density at radius 2 is 1.60 bits per heavy atom. The first-order valence-electron chi connectivity index (χ1n) is 7.98. The number of phenols is 1. The van der Waals surface area contributed by atoms with Crippen LogP contribution in [0.25, 0.3) is 21.9 Å². The van der Waals surface area contributed by atoms with Gasteiger partial charge in [-0.15, -0.1) is 0 Å². The summed E-state index contributed by atoms with van der Waals surface area (Å²) in [5.74, 6) is 0.126. The zero-order chi connectivity index (χ0) is 18.4. The number of aromatic hydroxyl groups is 1. The van der Waals surface area contributed by atoms with Crippen LogP contribution in [0.3, 0.4) is 0 Å². The number of nitrogens with one attached hydrogen (secondary N) is 1. The molecule has 0 saturated heterocycles. The van der Waals surface area contributed by atoms with E-state index in [4.69, 9.17) is 0 Å². The van der Waals surface area contributed by atoms with Crippen molar-refractivity contribution in [3.05, 3.63) is 59.2 Å². The molecule has 3 rings (SSSR count). The zero-order valence-electron chi connectivity index (χ0n) is 14.7. The van der Waals surface area contributed by atoms with Crippen LogP contribution in [-0.2, 0) is 10.0 Å². The predicted octanol–water partition coefficient (Wildman–Crippen LogP) is 4.51. The van der Waals surface area contributed by atoms with Gasteiger partial charge in [0.2, 0.25) is 10.0 Å². The molecule has 130 valence electrons. The van der Waals surface area contributed by atoms with Gasteiger partial charge in [-0.05, 0) is 60.4 Å². The summed E-state index contributed by atoms with van der Waals surface area (Å²) in [6, 6.07) is 13.1. The topological polar surface area (TPSA) is 66.4 Å². The molecule has 0 aliphatic heterocycles. The molecule has 3 aromatic carbocycles. The highest BCUT2D eigenvalue weighted by Gasteiger charge is 2.20. The van der Waals surface area contributed by atoms with Gasteiger partial charge in [0, 0.05) is 11.1 Å². The molecular formula is C20H21NO3S. The van der Waals surface area contributed by atoms with Crippen molar-refractivity contribution in [3.63, 3.8) is 0 Å². The van der Waals surface area contributed by atoms with Crippen molar-refractivity contribution in [3.8, 4) is 16.9 Å². The lowest BCUT2D eigenvalue weighted by atomic mass is 9.89. The minimum atomic E-state index is -3.45. The van der Waals surface area contributed by atoms with Gasteiger partial charge in [0.05, 0.1) is 11.9 Å². The SMILES string of the molecule is Cc1cc(NS(C)(=O)=O)c(-c2c(O)ccc3ccccc23)c(C)c1C. The summed E-state index contributed by atoms with van der Waals surface area (Å²) < 4.78 is 26.3. The van der Waals surface area contributed by atoms with Gasteiger partial charge in [-0.1, -0.05) is 30.3 Å². The molecule has 0 unspecified atom stereocenters. The van der Waals surface area contributed by atoms with Crippen molar-refractivity contribution >= 4 is 26.5 Å². The van der Waals surface area contributed by atoms with Crippen molar-refractivity contribution in [1.29, 1.82) is 0 Å². The van der Waals surface area contributed by atoms with Crippen molar-refractivity contribution in [2.75, 3.05) is 11.0 Å². The molecule has 5 heteroatoms. The monoisotopic (exact) mass is 355 g/mol. The molecule has 4 nitrogen and oxygen atoms in total. The highest BCUT2D eigenvalue weighted by atomic mass is 32.2. The summed E-state index contributed by atoms with van der Waals surface area (Å²) in [5.41, 5.74) is 4.84. The molecule has 0 atom stereocenters. The molecule has 0 aliphatic rings. The minimum absolute atomic E-state index is 0.126. The van der Waals surface area contributed by atoms with Crippen LogP contribution < -0.4 is 4.72 Å². The van der Waals surface area contributed by atoms with Crippen LogP contribution in [0.1, 0.15) is 16.7 Å². The summed E-state index contributed by atoms with van der Waals surface area (Å²) in [6.07, 6.45) is 1.13. The molecule has 0 heterocycles. The van der Waals surface area contributed by atoms with Crippen LogP contribution >= 0.6 is 0 Å². The van der Waals surface area contributed by atoms with Gasteiger partial charge in [0.15, 0.2) is 0 Å². The lowest BCUT2D eigenvalue weighted by molar-refractivity contribution is 0.478. The second kappa shape index (κ2) is 6.08. The summed E-state index contributed by atoms with van der Waals surface area (Å²) in [7, 11) is -3.45. The maximum atomic E-state index is 11.9. The molecule has 2 N–H and O–H groups in total. The van der Waals surface area contributed by atoms with Crippen LogP contribution in [0.2, 0.25) is 0 Å². The van der Waals surface area contributed by atoms with E-state index in [2.05, 4.69) is 4.72 Å². The van der Waals surface area contributed by atoms with Crippen LogP contribution in [0, 0.1) is 20.8 Å². The average molecular weight is 355 g/mol. The highest BCUT2D eigenvalue weighted by molar-refractivity contribution is 7.92. The molecule has 25 heavy (non-hydrogen) atoms. The molecule has 0 spiro atoms. The standard InChI is InChI=1S/C20H21NO3S/c1-12-11-17(21-25(4,23)24)19(14(3)13(12)2)20-16-8-6-5-7-15(16)9-10-18(20)22/h5-11,21-22H,1-4H3. The van der Waals surface area contributed by atoms with Crippen LogP contribution in [0.4, 0.5) is 5.69 Å². The Morgan fingerprint density at radius 3 is 2.28 bits per heavy atom. The van der Waals surface area contributed by atoms with E-state index in [0.717, 1.165) is 33.7 Å². The summed E-state index contributed by atoms with van der Waals surface area (Å²) >= 11 is 0. The van der Waals surface area contributed by atoms with Crippen molar-refractivity contribution < 1.29 is 13.5 Å². The molecular weight excluding hydrogens is 334 g/mol. The number of fused-ring (bicyclic) bond motifs is 1. The van der Waals surface area contributed by atoms with Crippen molar-refractivity contribution in [2.24, 2.45) is 0 Å². The molecule has 0 amide bonds. The fraction of sp³-hybridized carbons (Fsp3) is 0.200. The molecule has 0 radical (unpaired) electrons. The quantitative estimate of drug-likeness (QED) is 0.726. The normalized spacial score (nSPS) is 11.7. The van der Waals surface area contributed by atoms with E-state index in [1.165, 1.54) is 0 Å². The van der Waals surface area contributed by atoms with Gasteiger partial charge in [-0.2, -0.15) is 0 Å². The number of sulfonamides is 1. The number of anilines is 1. The van der Waals surface area contributed by atoms with Crippen LogP contribution in [0.15, 0.2) is 42.5 Å². The average Bonchev–Trinajstić information content (AvgIpc) is 2.53. The van der Waals surface area contributed by atoms with E-state index in [0.29, 0.717) is 16.8 Å².